The molecule has 1 aliphatic rings. The summed E-state index contributed by atoms with van der Waals surface area (Å²) in [6.07, 6.45) is 6.63. The molecular weight excluding hydrogens is 496 g/mol. The first-order chi connectivity index (χ1) is 17.9. The average Bonchev–Trinajstić information content (AvgIpc) is 3.32. The quantitative estimate of drug-likeness (QED) is 0.414. The number of ether oxygens (including phenoxy) is 2. The number of benzene rings is 1. The van der Waals surface area contributed by atoms with Gasteiger partial charge in [-0.3, -0.25) is 14.3 Å². The minimum Gasteiger partial charge on any atom is -0.489 e. The number of nitrogens with zero attached hydrogens (tertiary/aromatic N) is 4. The number of rotatable bonds is 10. The van der Waals surface area contributed by atoms with Crippen LogP contribution in [-0.2, 0) is 16.1 Å². The van der Waals surface area contributed by atoms with Gasteiger partial charge in [0, 0.05) is 31.9 Å². The summed E-state index contributed by atoms with van der Waals surface area (Å²) in [7, 11) is 1.51. The Kier molecular flexibility index (Phi) is 8.84. The Labute approximate surface area is 220 Å². The predicted octanol–water partition coefficient (Wildman–Crippen LogP) is 3.76. The number of aryl methyl sites for hydroxylation is 1. The predicted molar refractivity (Wildman–Crippen MR) is 141 cm³/mol. The minimum atomic E-state index is -0.195. The third kappa shape index (κ3) is 7.60. The molecule has 0 radical (unpaired) electrons. The molecule has 2 aromatic heterocycles. The van der Waals surface area contributed by atoms with Crippen molar-refractivity contribution in [3.63, 3.8) is 0 Å². The van der Waals surface area contributed by atoms with E-state index in [1.54, 1.807) is 12.3 Å². The minimum absolute atomic E-state index is 0.0357. The monoisotopic (exact) mass is 526 g/mol. The van der Waals surface area contributed by atoms with Crippen LogP contribution in [0.1, 0.15) is 24.8 Å². The van der Waals surface area contributed by atoms with E-state index in [-0.39, 0.29) is 30.9 Å². The van der Waals surface area contributed by atoms with Crippen molar-refractivity contribution < 1.29 is 19.1 Å². The van der Waals surface area contributed by atoms with Gasteiger partial charge in [0.1, 0.15) is 18.4 Å². The van der Waals surface area contributed by atoms with Crippen molar-refractivity contribution in [3.8, 4) is 11.6 Å². The van der Waals surface area contributed by atoms with E-state index in [0.29, 0.717) is 41.9 Å². The topological polar surface area (TPSA) is 111 Å². The van der Waals surface area contributed by atoms with Gasteiger partial charge in [-0.05, 0) is 38.0 Å². The number of halogens is 1. The first kappa shape index (κ1) is 26.3. The van der Waals surface area contributed by atoms with Gasteiger partial charge >= 0.3 is 0 Å². The van der Waals surface area contributed by atoms with E-state index in [0.717, 1.165) is 18.6 Å². The van der Waals surface area contributed by atoms with Crippen LogP contribution in [0.5, 0.6) is 11.6 Å². The molecule has 2 N–H and O–H groups in total. The van der Waals surface area contributed by atoms with Crippen molar-refractivity contribution in [1.29, 1.82) is 0 Å². The highest BCUT2D eigenvalue weighted by Crippen LogP contribution is 2.24. The molecule has 0 spiro atoms. The molecule has 1 aliphatic heterocycles. The van der Waals surface area contributed by atoms with Crippen LogP contribution in [0.2, 0.25) is 5.02 Å². The van der Waals surface area contributed by atoms with E-state index in [4.69, 9.17) is 21.1 Å². The number of carbonyl (C=O) groups excluding carboxylic acids is 2. The largest absolute Gasteiger partial charge is 0.489 e. The van der Waals surface area contributed by atoms with E-state index in [9.17, 15) is 9.59 Å². The molecule has 1 aromatic carbocycles. The maximum atomic E-state index is 12.9. The molecular formula is C26H31ClN6O4. The summed E-state index contributed by atoms with van der Waals surface area (Å²) < 4.78 is 12.8. The number of hydrogen-bond donors (Lipinski definition) is 2. The lowest BCUT2D eigenvalue weighted by Gasteiger charge is -2.33. The van der Waals surface area contributed by atoms with Crippen molar-refractivity contribution in [2.24, 2.45) is 0 Å². The molecule has 0 unspecified atom stereocenters. The molecule has 0 bridgehead atoms. The van der Waals surface area contributed by atoms with Gasteiger partial charge in [0.2, 0.25) is 17.7 Å². The molecule has 196 valence electrons. The molecule has 11 heteroatoms. The average molecular weight is 527 g/mol. The number of aromatic nitrogens is 3. The lowest BCUT2D eigenvalue weighted by atomic mass is 10.1. The second kappa shape index (κ2) is 12.4. The normalized spacial score (nSPS) is 15.2. The summed E-state index contributed by atoms with van der Waals surface area (Å²) in [5.41, 5.74) is 2.31. The molecule has 4 rings (SSSR count). The zero-order valence-corrected chi connectivity index (χ0v) is 21.7. The summed E-state index contributed by atoms with van der Waals surface area (Å²) in [5, 5.41) is 10.6. The second-order valence-electron chi connectivity index (χ2n) is 8.90. The molecule has 1 saturated heterocycles. The Bertz CT molecular complexity index is 1220. The van der Waals surface area contributed by atoms with E-state index in [2.05, 4.69) is 20.7 Å². The number of amides is 2. The second-order valence-corrected chi connectivity index (χ2v) is 9.33. The van der Waals surface area contributed by atoms with Crippen molar-refractivity contribution in [2.75, 3.05) is 37.4 Å². The van der Waals surface area contributed by atoms with Crippen LogP contribution in [0, 0.1) is 6.92 Å². The van der Waals surface area contributed by atoms with E-state index in [1.807, 2.05) is 36.1 Å². The highest BCUT2D eigenvalue weighted by atomic mass is 35.5. The van der Waals surface area contributed by atoms with E-state index in [1.165, 1.54) is 29.7 Å². The first-order valence-electron chi connectivity index (χ1n) is 12.2. The van der Waals surface area contributed by atoms with Crippen molar-refractivity contribution in [3.05, 3.63) is 59.5 Å². The first-order valence-corrected chi connectivity index (χ1v) is 12.5. The fraction of sp³-hybridized carbons (Fsp3) is 0.385. The SMILES string of the molecule is COc1ncc(Cl)cc1NCCC(=O)Nc1cnn(CC(=O)N2CCC[C@@H](Oc3ccc(C)cc3)C2)c1. The van der Waals surface area contributed by atoms with Gasteiger partial charge < -0.3 is 25.0 Å². The van der Waals surface area contributed by atoms with Crippen LogP contribution < -0.4 is 20.1 Å². The van der Waals surface area contributed by atoms with Crippen molar-refractivity contribution in [2.45, 2.75) is 38.8 Å². The number of pyridine rings is 1. The van der Waals surface area contributed by atoms with Crippen LogP contribution >= 0.6 is 11.6 Å². The number of nitrogens with one attached hydrogen (secondary N) is 2. The molecule has 3 heterocycles. The number of likely N-dealkylation sites (tertiary alicyclic amines) is 1. The smallest absolute Gasteiger partial charge is 0.244 e. The van der Waals surface area contributed by atoms with Gasteiger partial charge in [0.05, 0.1) is 36.2 Å². The number of anilines is 2. The van der Waals surface area contributed by atoms with Crippen LogP contribution in [0.25, 0.3) is 0 Å². The summed E-state index contributed by atoms with van der Waals surface area (Å²) >= 11 is 5.98. The molecule has 0 saturated carbocycles. The number of methoxy groups -OCH3 is 1. The molecule has 37 heavy (non-hydrogen) atoms. The third-order valence-corrected chi connectivity index (χ3v) is 6.15. The molecule has 3 aromatic rings. The maximum absolute atomic E-state index is 12.9. The summed E-state index contributed by atoms with van der Waals surface area (Å²) in [6.45, 7) is 3.72. The van der Waals surface area contributed by atoms with Crippen LogP contribution in [0.15, 0.2) is 48.9 Å². The Morgan fingerprint density at radius 1 is 1.22 bits per heavy atom. The number of hydrogen-bond acceptors (Lipinski definition) is 7. The summed E-state index contributed by atoms with van der Waals surface area (Å²) in [4.78, 5) is 31.1. The van der Waals surface area contributed by atoms with Gasteiger partial charge in [-0.1, -0.05) is 29.3 Å². The van der Waals surface area contributed by atoms with Crippen LogP contribution in [0.4, 0.5) is 11.4 Å². The highest BCUT2D eigenvalue weighted by molar-refractivity contribution is 6.30. The lowest BCUT2D eigenvalue weighted by Crippen LogP contribution is -2.45. The Hall–Kier alpha value is -3.79. The van der Waals surface area contributed by atoms with E-state index >= 15 is 0 Å². The van der Waals surface area contributed by atoms with Gasteiger partial charge in [-0.15, -0.1) is 0 Å². The molecule has 1 atom stereocenters. The summed E-state index contributed by atoms with van der Waals surface area (Å²) in [5.74, 6) is 0.985. The lowest BCUT2D eigenvalue weighted by molar-refractivity contribution is -0.134. The number of carbonyl (C=O) groups is 2. The van der Waals surface area contributed by atoms with Crippen LogP contribution in [0.3, 0.4) is 0 Å². The highest BCUT2D eigenvalue weighted by Gasteiger charge is 2.25. The molecule has 2 amide bonds. The zero-order valence-electron chi connectivity index (χ0n) is 20.9. The van der Waals surface area contributed by atoms with Gasteiger partial charge in [-0.25, -0.2) is 4.98 Å². The third-order valence-electron chi connectivity index (χ3n) is 5.95. The Morgan fingerprint density at radius 3 is 2.81 bits per heavy atom. The standard InChI is InChI=1S/C26H31ClN6O4/c1-18-5-7-21(8-6-18)37-22-4-3-11-32(16-22)25(35)17-33-15-20(14-30-33)31-24(34)9-10-28-23-12-19(27)13-29-26(23)36-2/h5-8,12-15,22,28H,3-4,9-11,16-17H2,1-2H3,(H,31,34)/t22-/m1/s1. The zero-order chi connectivity index (χ0) is 26.2. The van der Waals surface area contributed by atoms with Gasteiger partial charge in [0.15, 0.2) is 0 Å². The van der Waals surface area contributed by atoms with Gasteiger partial charge in [-0.2, -0.15) is 5.10 Å². The number of piperidine rings is 1. The molecule has 0 aliphatic carbocycles. The Balaban J connectivity index is 1.22. The Morgan fingerprint density at radius 2 is 2.03 bits per heavy atom. The van der Waals surface area contributed by atoms with Crippen molar-refractivity contribution >= 4 is 34.8 Å². The maximum Gasteiger partial charge on any atom is 0.244 e. The van der Waals surface area contributed by atoms with Crippen LogP contribution in [-0.4, -0.2) is 64.3 Å². The fourth-order valence-electron chi connectivity index (χ4n) is 4.07. The van der Waals surface area contributed by atoms with Gasteiger partial charge in [0.25, 0.3) is 0 Å². The van der Waals surface area contributed by atoms with E-state index < -0.39 is 0 Å². The molecule has 1 fully saturated rings. The van der Waals surface area contributed by atoms with Crippen molar-refractivity contribution in [1.82, 2.24) is 19.7 Å². The summed E-state index contributed by atoms with van der Waals surface area (Å²) in [6, 6.07) is 9.62. The molecule has 10 nitrogen and oxygen atoms in total. The fourth-order valence-corrected chi connectivity index (χ4v) is 4.23.